The number of nitrogens with one attached hydrogen (secondary N) is 3. The van der Waals surface area contributed by atoms with Crippen molar-refractivity contribution in [2.24, 2.45) is 0 Å². The van der Waals surface area contributed by atoms with Gasteiger partial charge in [-0.05, 0) is 30.3 Å². The third-order valence-electron chi connectivity index (χ3n) is 4.95. The zero-order chi connectivity index (χ0) is 23.3. The molecule has 0 saturated carbocycles. The summed E-state index contributed by atoms with van der Waals surface area (Å²) in [4.78, 5) is 11.0. The predicted molar refractivity (Wildman–Crippen MR) is 130 cm³/mol. The van der Waals surface area contributed by atoms with Crippen molar-refractivity contribution in [3.8, 4) is 5.75 Å². The summed E-state index contributed by atoms with van der Waals surface area (Å²) in [5, 5.41) is 6.32. The SMILES string of the molecule is COc1cc(N2CCOCC2)ccc1Nc1nccc(Nc2ccccc2NS(C)(=O)=O)n1. The Balaban J connectivity index is 1.52. The van der Waals surface area contributed by atoms with Crippen LogP contribution in [0.2, 0.25) is 0 Å². The van der Waals surface area contributed by atoms with Crippen LogP contribution < -0.4 is 25.0 Å². The Hall–Kier alpha value is -3.57. The van der Waals surface area contributed by atoms with Gasteiger partial charge in [0.15, 0.2) is 0 Å². The monoisotopic (exact) mass is 470 g/mol. The molecule has 1 aromatic heterocycles. The van der Waals surface area contributed by atoms with E-state index in [1.54, 1.807) is 43.6 Å². The van der Waals surface area contributed by atoms with Crippen LogP contribution in [0, 0.1) is 0 Å². The molecule has 0 atom stereocenters. The minimum atomic E-state index is -3.42. The molecule has 0 amide bonds. The van der Waals surface area contributed by atoms with Gasteiger partial charge in [0.1, 0.15) is 11.6 Å². The number of methoxy groups -OCH3 is 1. The minimum absolute atomic E-state index is 0.367. The van der Waals surface area contributed by atoms with Gasteiger partial charge in [0, 0.05) is 31.0 Å². The Kier molecular flexibility index (Phi) is 6.80. The molecule has 3 aromatic rings. The highest BCUT2D eigenvalue weighted by Crippen LogP contribution is 2.32. The van der Waals surface area contributed by atoms with Crippen molar-refractivity contribution in [3.63, 3.8) is 0 Å². The Morgan fingerprint density at radius 2 is 1.76 bits per heavy atom. The van der Waals surface area contributed by atoms with Gasteiger partial charge in [-0.3, -0.25) is 4.72 Å². The zero-order valence-electron chi connectivity index (χ0n) is 18.4. The first-order chi connectivity index (χ1) is 15.9. The van der Waals surface area contributed by atoms with Crippen LogP contribution in [0.4, 0.5) is 34.5 Å². The number of morpholine rings is 1. The number of rotatable bonds is 8. The van der Waals surface area contributed by atoms with E-state index in [1.165, 1.54) is 0 Å². The topological polar surface area (TPSA) is 118 Å². The van der Waals surface area contributed by atoms with Gasteiger partial charge >= 0.3 is 0 Å². The van der Waals surface area contributed by atoms with Gasteiger partial charge in [0.2, 0.25) is 16.0 Å². The third kappa shape index (κ3) is 6.02. The van der Waals surface area contributed by atoms with Crippen molar-refractivity contribution >= 4 is 44.5 Å². The summed E-state index contributed by atoms with van der Waals surface area (Å²) in [5.41, 5.74) is 2.78. The lowest BCUT2D eigenvalue weighted by atomic mass is 10.2. The van der Waals surface area contributed by atoms with Crippen LogP contribution in [-0.2, 0) is 14.8 Å². The largest absolute Gasteiger partial charge is 0.494 e. The minimum Gasteiger partial charge on any atom is -0.494 e. The number of hydrogen-bond acceptors (Lipinski definition) is 9. The van der Waals surface area contributed by atoms with Crippen molar-refractivity contribution in [2.75, 3.05) is 59.9 Å². The van der Waals surface area contributed by atoms with E-state index in [0.717, 1.165) is 30.7 Å². The molecule has 4 rings (SSSR count). The van der Waals surface area contributed by atoms with Crippen molar-refractivity contribution in [1.29, 1.82) is 0 Å². The molecule has 1 saturated heterocycles. The number of sulfonamides is 1. The summed E-state index contributed by atoms with van der Waals surface area (Å²) in [7, 11) is -1.80. The Labute approximate surface area is 193 Å². The maximum Gasteiger partial charge on any atom is 0.229 e. The molecule has 11 heteroatoms. The third-order valence-corrected chi connectivity index (χ3v) is 5.54. The van der Waals surface area contributed by atoms with Crippen molar-refractivity contribution < 1.29 is 17.9 Å². The molecule has 0 bridgehead atoms. The van der Waals surface area contributed by atoms with Gasteiger partial charge in [-0.15, -0.1) is 0 Å². The second-order valence-electron chi connectivity index (χ2n) is 7.42. The fraction of sp³-hybridized carbons (Fsp3) is 0.273. The van der Waals surface area contributed by atoms with E-state index < -0.39 is 10.0 Å². The average Bonchev–Trinajstić information content (AvgIpc) is 2.80. The molecule has 1 aliphatic rings. The van der Waals surface area contributed by atoms with Crippen LogP contribution in [0.1, 0.15) is 0 Å². The van der Waals surface area contributed by atoms with E-state index in [0.29, 0.717) is 42.1 Å². The van der Waals surface area contributed by atoms with Crippen molar-refractivity contribution in [2.45, 2.75) is 0 Å². The number of hydrogen-bond donors (Lipinski definition) is 3. The summed E-state index contributed by atoms with van der Waals surface area (Å²) in [5.74, 6) is 1.54. The first kappa shape index (κ1) is 22.6. The standard InChI is InChI=1S/C22H26N6O4S/c1-31-20-15-16(28-11-13-32-14-12-28)7-8-19(20)25-22-23-10-9-21(26-22)24-17-5-3-4-6-18(17)27-33(2,29)30/h3-10,15,27H,11-14H2,1-2H3,(H2,23,24,25,26). The maximum atomic E-state index is 11.7. The zero-order valence-corrected chi connectivity index (χ0v) is 19.2. The van der Waals surface area contributed by atoms with E-state index in [2.05, 4.69) is 30.2 Å². The Bertz CT molecular complexity index is 1220. The molecule has 2 heterocycles. The van der Waals surface area contributed by atoms with Crippen molar-refractivity contribution in [3.05, 3.63) is 54.7 Å². The molecule has 0 radical (unpaired) electrons. The molecular weight excluding hydrogens is 444 g/mol. The van der Waals surface area contributed by atoms with Gasteiger partial charge in [-0.25, -0.2) is 13.4 Å². The number of aromatic nitrogens is 2. The van der Waals surface area contributed by atoms with Gasteiger partial charge in [-0.2, -0.15) is 4.98 Å². The first-order valence-corrected chi connectivity index (χ1v) is 12.2. The van der Waals surface area contributed by atoms with E-state index in [-0.39, 0.29) is 0 Å². The fourth-order valence-corrected chi connectivity index (χ4v) is 4.01. The lowest BCUT2D eigenvalue weighted by Crippen LogP contribution is -2.36. The maximum absolute atomic E-state index is 11.7. The van der Waals surface area contributed by atoms with Crippen molar-refractivity contribution in [1.82, 2.24) is 9.97 Å². The molecule has 174 valence electrons. The van der Waals surface area contributed by atoms with Crippen LogP contribution in [0.15, 0.2) is 54.7 Å². The molecule has 10 nitrogen and oxygen atoms in total. The number of anilines is 6. The summed E-state index contributed by atoms with van der Waals surface area (Å²) in [6.45, 7) is 3.09. The summed E-state index contributed by atoms with van der Waals surface area (Å²) in [6.07, 6.45) is 2.72. The Morgan fingerprint density at radius 1 is 1.00 bits per heavy atom. The van der Waals surface area contributed by atoms with E-state index in [1.807, 2.05) is 18.2 Å². The van der Waals surface area contributed by atoms with Crippen LogP contribution in [-0.4, -0.2) is 58.1 Å². The molecule has 0 aliphatic carbocycles. The quantitative estimate of drug-likeness (QED) is 0.456. The van der Waals surface area contributed by atoms with Gasteiger partial charge < -0.3 is 25.0 Å². The summed E-state index contributed by atoms with van der Waals surface area (Å²) >= 11 is 0. The molecule has 2 aromatic carbocycles. The predicted octanol–water partition coefficient (Wildman–Crippen LogP) is 3.18. The summed E-state index contributed by atoms with van der Waals surface area (Å²) in [6, 6.07) is 14.6. The number of nitrogens with zero attached hydrogens (tertiary/aromatic N) is 3. The van der Waals surface area contributed by atoms with E-state index in [4.69, 9.17) is 9.47 Å². The fourth-order valence-electron chi connectivity index (χ4n) is 3.43. The highest BCUT2D eigenvalue weighted by Gasteiger charge is 2.14. The van der Waals surface area contributed by atoms with E-state index >= 15 is 0 Å². The summed E-state index contributed by atoms with van der Waals surface area (Å²) < 4.78 is 36.8. The average molecular weight is 471 g/mol. The number of ether oxygens (including phenoxy) is 2. The number of benzene rings is 2. The molecular formula is C22H26N6O4S. The van der Waals surface area contributed by atoms with Gasteiger partial charge in [-0.1, -0.05) is 12.1 Å². The lowest BCUT2D eigenvalue weighted by Gasteiger charge is -2.29. The molecule has 0 unspecified atom stereocenters. The number of para-hydroxylation sites is 2. The second-order valence-corrected chi connectivity index (χ2v) is 9.17. The van der Waals surface area contributed by atoms with E-state index in [9.17, 15) is 8.42 Å². The van der Waals surface area contributed by atoms with Gasteiger partial charge in [0.25, 0.3) is 0 Å². The molecule has 1 fully saturated rings. The van der Waals surface area contributed by atoms with Gasteiger partial charge in [0.05, 0.1) is 43.6 Å². The van der Waals surface area contributed by atoms with Crippen LogP contribution in [0.25, 0.3) is 0 Å². The highest BCUT2D eigenvalue weighted by atomic mass is 32.2. The molecule has 3 N–H and O–H groups in total. The highest BCUT2D eigenvalue weighted by molar-refractivity contribution is 7.92. The lowest BCUT2D eigenvalue weighted by molar-refractivity contribution is 0.122. The van der Waals surface area contributed by atoms with Crippen LogP contribution in [0.5, 0.6) is 5.75 Å². The van der Waals surface area contributed by atoms with Crippen LogP contribution >= 0.6 is 0 Å². The van der Waals surface area contributed by atoms with Crippen LogP contribution in [0.3, 0.4) is 0 Å². The normalized spacial score (nSPS) is 13.9. The molecule has 33 heavy (non-hydrogen) atoms. The molecule has 1 aliphatic heterocycles. The smallest absolute Gasteiger partial charge is 0.229 e. The first-order valence-electron chi connectivity index (χ1n) is 10.4. The second kappa shape index (κ2) is 9.92. The molecule has 0 spiro atoms. The Morgan fingerprint density at radius 3 is 2.48 bits per heavy atom.